The monoisotopic (exact) mass is 176 g/mol. The minimum Gasteiger partial charge on any atom is -0.331 e. The van der Waals surface area contributed by atoms with Crippen molar-refractivity contribution in [3.63, 3.8) is 0 Å². The lowest BCUT2D eigenvalue weighted by Gasteiger charge is -2.18. The number of nitrogens with zero attached hydrogens (tertiary/aromatic N) is 1. The topological polar surface area (TPSA) is 41.5 Å². The fourth-order valence-electron chi connectivity index (χ4n) is 0.509. The van der Waals surface area contributed by atoms with Gasteiger partial charge in [-0.05, 0) is 33.3 Å². The van der Waals surface area contributed by atoms with Crippen LogP contribution >= 0.6 is 0 Å². The highest BCUT2D eigenvalue weighted by molar-refractivity contribution is 7.86. The molecule has 0 heterocycles. The first-order valence-corrected chi connectivity index (χ1v) is 5.42. The fraction of sp³-hybridized carbons (Fsp3) is 0.857. The molecule has 0 radical (unpaired) electrons. The van der Waals surface area contributed by atoms with Gasteiger partial charge in [-0.15, -0.1) is 0 Å². The molecule has 0 saturated heterocycles. The van der Waals surface area contributed by atoms with Crippen molar-refractivity contribution in [2.75, 3.05) is 12.5 Å². The van der Waals surface area contributed by atoms with Crippen LogP contribution in [-0.2, 0) is 10.7 Å². The normalized spacial score (nSPS) is 11.5. The van der Waals surface area contributed by atoms with E-state index in [0.29, 0.717) is 0 Å². The SMILES string of the molecule is CS(C)=NC(=O)NC(C)(C)C. The number of carbonyl (C=O) groups excluding carboxylic acids is 1. The molecule has 0 aliphatic heterocycles. The lowest BCUT2D eigenvalue weighted by Crippen LogP contribution is -2.39. The van der Waals surface area contributed by atoms with Gasteiger partial charge in [0.05, 0.1) is 0 Å². The smallest absolute Gasteiger partial charge is 0.331 e. The van der Waals surface area contributed by atoms with Crippen molar-refractivity contribution in [2.45, 2.75) is 26.3 Å². The van der Waals surface area contributed by atoms with E-state index in [1.165, 1.54) is 0 Å². The van der Waals surface area contributed by atoms with Crippen molar-refractivity contribution in [1.29, 1.82) is 0 Å². The molecule has 66 valence electrons. The molecule has 3 nitrogen and oxygen atoms in total. The molecule has 0 fully saturated rings. The Bertz CT molecular complexity index is 177. The van der Waals surface area contributed by atoms with Crippen molar-refractivity contribution in [3.05, 3.63) is 0 Å². The van der Waals surface area contributed by atoms with Crippen molar-refractivity contribution in [2.24, 2.45) is 4.36 Å². The Kier molecular flexibility index (Phi) is 3.72. The average molecular weight is 176 g/mol. The van der Waals surface area contributed by atoms with Crippen LogP contribution in [0.1, 0.15) is 20.8 Å². The van der Waals surface area contributed by atoms with Crippen LogP contribution < -0.4 is 5.32 Å². The van der Waals surface area contributed by atoms with E-state index in [2.05, 4.69) is 9.68 Å². The van der Waals surface area contributed by atoms with Crippen molar-refractivity contribution in [3.8, 4) is 0 Å². The lowest BCUT2D eigenvalue weighted by molar-refractivity contribution is 0.241. The molecule has 4 heteroatoms. The Morgan fingerprint density at radius 2 is 1.82 bits per heavy atom. The quantitative estimate of drug-likeness (QED) is 0.598. The van der Waals surface area contributed by atoms with Gasteiger partial charge in [0.1, 0.15) is 0 Å². The van der Waals surface area contributed by atoms with E-state index in [0.717, 1.165) is 0 Å². The van der Waals surface area contributed by atoms with Crippen LogP contribution in [0.25, 0.3) is 0 Å². The molecule has 2 amide bonds. The molecule has 11 heavy (non-hydrogen) atoms. The molecule has 0 aliphatic carbocycles. The molecule has 0 aliphatic rings. The summed E-state index contributed by atoms with van der Waals surface area (Å²) in [6, 6.07) is -0.217. The van der Waals surface area contributed by atoms with Crippen LogP contribution in [0.2, 0.25) is 0 Å². The van der Waals surface area contributed by atoms with E-state index < -0.39 is 0 Å². The molecule has 0 unspecified atom stereocenters. The second kappa shape index (κ2) is 3.85. The predicted molar refractivity (Wildman–Crippen MR) is 49.9 cm³/mol. The molecule has 0 aromatic rings. The van der Waals surface area contributed by atoms with Gasteiger partial charge in [-0.2, -0.15) is 4.36 Å². The third-order valence-corrected chi connectivity index (χ3v) is 1.28. The molecular weight excluding hydrogens is 160 g/mol. The summed E-state index contributed by atoms with van der Waals surface area (Å²) in [5.41, 5.74) is -0.181. The molecule has 0 atom stereocenters. The maximum atomic E-state index is 11.0. The van der Waals surface area contributed by atoms with Crippen LogP contribution in [0, 0.1) is 0 Å². The molecule has 1 N–H and O–H groups in total. The number of rotatable bonds is 0. The zero-order valence-electron chi connectivity index (χ0n) is 7.76. The first-order chi connectivity index (χ1) is 4.81. The fourth-order valence-corrected chi connectivity index (χ4v) is 0.887. The first-order valence-electron chi connectivity index (χ1n) is 3.43. The summed E-state index contributed by atoms with van der Waals surface area (Å²) in [6.45, 7) is 5.80. The highest BCUT2D eigenvalue weighted by Gasteiger charge is 2.12. The summed E-state index contributed by atoms with van der Waals surface area (Å²) in [7, 11) is -0.167. The predicted octanol–water partition coefficient (Wildman–Crippen LogP) is 1.56. The molecular formula is C7H16N2OS. The second-order valence-corrected chi connectivity index (χ2v) is 5.27. The molecule has 0 rings (SSSR count). The summed E-state index contributed by atoms with van der Waals surface area (Å²) in [6.07, 6.45) is 3.81. The van der Waals surface area contributed by atoms with Crippen molar-refractivity contribution in [1.82, 2.24) is 5.32 Å². The molecule has 0 spiro atoms. The largest absolute Gasteiger partial charge is 0.347 e. The minimum absolute atomic E-state index is 0.167. The summed E-state index contributed by atoms with van der Waals surface area (Å²) < 4.78 is 3.84. The number of hydrogen-bond acceptors (Lipinski definition) is 1. The summed E-state index contributed by atoms with van der Waals surface area (Å²) >= 11 is 0. The lowest BCUT2D eigenvalue weighted by atomic mass is 10.1. The highest BCUT2D eigenvalue weighted by Crippen LogP contribution is 1.98. The maximum absolute atomic E-state index is 11.0. The van der Waals surface area contributed by atoms with Gasteiger partial charge in [0.15, 0.2) is 0 Å². The summed E-state index contributed by atoms with van der Waals surface area (Å²) in [5.74, 6) is 0. The van der Waals surface area contributed by atoms with E-state index in [9.17, 15) is 4.79 Å². The number of nitrogens with one attached hydrogen (secondary N) is 1. The van der Waals surface area contributed by atoms with Crippen LogP contribution in [0.4, 0.5) is 4.79 Å². The van der Waals surface area contributed by atoms with Gasteiger partial charge in [-0.3, -0.25) is 0 Å². The minimum atomic E-state index is -0.217. The van der Waals surface area contributed by atoms with E-state index in [-0.39, 0.29) is 22.3 Å². The Labute approximate surface area is 70.7 Å². The van der Waals surface area contributed by atoms with Crippen LogP contribution in [0.15, 0.2) is 4.36 Å². The molecule has 0 aromatic heterocycles. The number of amides is 2. The van der Waals surface area contributed by atoms with Crippen LogP contribution in [-0.4, -0.2) is 24.1 Å². The zero-order chi connectivity index (χ0) is 9.07. The van der Waals surface area contributed by atoms with Gasteiger partial charge in [-0.25, -0.2) is 4.79 Å². The van der Waals surface area contributed by atoms with E-state index >= 15 is 0 Å². The van der Waals surface area contributed by atoms with Gasteiger partial charge < -0.3 is 5.32 Å². The number of urea groups is 1. The summed E-state index contributed by atoms with van der Waals surface area (Å²) in [4.78, 5) is 11.0. The van der Waals surface area contributed by atoms with Crippen molar-refractivity contribution < 1.29 is 4.79 Å². The number of carbonyl (C=O) groups is 1. The highest BCUT2D eigenvalue weighted by atomic mass is 32.2. The van der Waals surface area contributed by atoms with Gasteiger partial charge >= 0.3 is 6.03 Å². The van der Waals surface area contributed by atoms with Gasteiger partial charge in [-0.1, -0.05) is 10.7 Å². The van der Waals surface area contributed by atoms with E-state index in [1.807, 2.05) is 33.3 Å². The maximum Gasteiger partial charge on any atom is 0.347 e. The zero-order valence-corrected chi connectivity index (χ0v) is 8.58. The summed E-state index contributed by atoms with van der Waals surface area (Å²) in [5, 5.41) is 2.75. The third-order valence-electron chi connectivity index (χ3n) is 0.747. The van der Waals surface area contributed by atoms with Gasteiger partial charge in [0.2, 0.25) is 0 Å². The Hall–Kier alpha value is -0.380. The average Bonchev–Trinajstić information content (AvgIpc) is 1.53. The first kappa shape index (κ1) is 10.6. The Balaban J connectivity index is 4.00. The standard InChI is InChI=1S/C7H16N2OS/c1-7(2,3)8-6(10)9-11(4)5/h1-5H3,(H,8,10). The Morgan fingerprint density at radius 3 is 2.09 bits per heavy atom. The van der Waals surface area contributed by atoms with Crippen molar-refractivity contribution >= 4 is 16.7 Å². The molecule has 0 saturated carbocycles. The Morgan fingerprint density at radius 1 is 1.36 bits per heavy atom. The number of hydrogen-bond donors (Lipinski definition) is 1. The second-order valence-electron chi connectivity index (χ2n) is 3.54. The van der Waals surface area contributed by atoms with Crippen LogP contribution in [0.5, 0.6) is 0 Å². The molecule has 0 bridgehead atoms. The van der Waals surface area contributed by atoms with Gasteiger partial charge in [0, 0.05) is 5.54 Å². The van der Waals surface area contributed by atoms with Gasteiger partial charge in [0.25, 0.3) is 0 Å². The van der Waals surface area contributed by atoms with Crippen LogP contribution in [0.3, 0.4) is 0 Å². The van der Waals surface area contributed by atoms with E-state index in [1.54, 1.807) is 0 Å². The third kappa shape index (κ3) is 7.52. The van der Waals surface area contributed by atoms with E-state index in [4.69, 9.17) is 0 Å². The molecule has 0 aromatic carbocycles.